The Morgan fingerprint density at radius 3 is 2.31 bits per heavy atom. The molecule has 1 amide bonds. The third-order valence-electron chi connectivity index (χ3n) is 5.49. The first-order chi connectivity index (χ1) is 14.1. The van der Waals surface area contributed by atoms with Gasteiger partial charge in [-0.05, 0) is 24.3 Å². The van der Waals surface area contributed by atoms with Gasteiger partial charge in [0, 0.05) is 39.8 Å². The van der Waals surface area contributed by atoms with Crippen molar-refractivity contribution in [2.45, 2.75) is 6.54 Å². The van der Waals surface area contributed by atoms with E-state index in [0.29, 0.717) is 19.7 Å². The maximum atomic E-state index is 12.8. The first-order valence-corrected chi connectivity index (χ1v) is 9.96. The van der Waals surface area contributed by atoms with Gasteiger partial charge in [0.25, 0.3) is 0 Å². The Morgan fingerprint density at radius 2 is 1.59 bits per heavy atom. The number of amides is 1. The number of rotatable bonds is 6. The summed E-state index contributed by atoms with van der Waals surface area (Å²) in [5, 5.41) is 0. The minimum Gasteiger partial charge on any atom is -0.492 e. The predicted octanol–water partition coefficient (Wildman–Crippen LogP) is 1.56. The highest BCUT2D eigenvalue weighted by Gasteiger charge is 2.22. The van der Waals surface area contributed by atoms with E-state index >= 15 is 0 Å². The van der Waals surface area contributed by atoms with Crippen molar-refractivity contribution < 1.29 is 9.53 Å². The molecule has 2 aromatic carbocycles. The predicted molar refractivity (Wildman–Crippen MR) is 112 cm³/mol. The molecule has 7 nitrogen and oxygen atoms in total. The lowest BCUT2D eigenvalue weighted by molar-refractivity contribution is -0.133. The Morgan fingerprint density at radius 1 is 0.931 bits per heavy atom. The number of fused-ring (bicyclic) bond motifs is 1. The van der Waals surface area contributed by atoms with E-state index in [2.05, 4.69) is 4.90 Å². The standard InChI is InChI=1S/C22H26N4O3/c1-23-19-9-5-6-10-20(19)26(22(23)28)17-21(27)25-13-11-24(12-14-25)15-16-29-18-7-3-2-4-8-18/h2-10H,11-17H2,1H3. The topological polar surface area (TPSA) is 59.7 Å². The lowest BCUT2D eigenvalue weighted by atomic mass is 10.3. The number of aryl methyl sites for hydroxylation is 1. The number of imidazole rings is 1. The fourth-order valence-electron chi connectivity index (χ4n) is 3.78. The molecule has 152 valence electrons. The molecule has 0 radical (unpaired) electrons. The number of hydrogen-bond donors (Lipinski definition) is 0. The summed E-state index contributed by atoms with van der Waals surface area (Å²) in [4.78, 5) is 29.5. The zero-order valence-electron chi connectivity index (χ0n) is 16.7. The van der Waals surface area contributed by atoms with Gasteiger partial charge in [0.15, 0.2) is 0 Å². The summed E-state index contributed by atoms with van der Waals surface area (Å²) in [6, 6.07) is 17.4. The van der Waals surface area contributed by atoms with Gasteiger partial charge < -0.3 is 9.64 Å². The van der Waals surface area contributed by atoms with E-state index < -0.39 is 0 Å². The average Bonchev–Trinajstić information content (AvgIpc) is 3.00. The Hall–Kier alpha value is -3.06. The van der Waals surface area contributed by atoms with Crippen molar-refractivity contribution in [2.24, 2.45) is 7.05 Å². The van der Waals surface area contributed by atoms with Crippen LogP contribution in [0.15, 0.2) is 59.4 Å². The van der Waals surface area contributed by atoms with E-state index in [9.17, 15) is 9.59 Å². The number of nitrogens with zero attached hydrogens (tertiary/aromatic N) is 4. The van der Waals surface area contributed by atoms with Crippen LogP contribution < -0.4 is 10.4 Å². The summed E-state index contributed by atoms with van der Waals surface area (Å²) in [7, 11) is 1.74. The first kappa shape index (κ1) is 19.3. The summed E-state index contributed by atoms with van der Waals surface area (Å²) >= 11 is 0. The normalized spacial score (nSPS) is 15.0. The van der Waals surface area contributed by atoms with Gasteiger partial charge in [0.2, 0.25) is 5.91 Å². The quantitative estimate of drug-likeness (QED) is 0.637. The largest absolute Gasteiger partial charge is 0.492 e. The maximum absolute atomic E-state index is 12.8. The molecule has 2 heterocycles. The molecule has 1 aliphatic heterocycles. The van der Waals surface area contributed by atoms with Crippen LogP contribution >= 0.6 is 0 Å². The van der Waals surface area contributed by atoms with Crippen molar-refractivity contribution in [3.8, 4) is 5.75 Å². The third kappa shape index (κ3) is 4.19. The second-order valence-electron chi connectivity index (χ2n) is 7.30. The molecule has 7 heteroatoms. The highest BCUT2D eigenvalue weighted by molar-refractivity contribution is 5.81. The lowest BCUT2D eigenvalue weighted by Crippen LogP contribution is -2.50. The Kier molecular flexibility index (Phi) is 5.67. The van der Waals surface area contributed by atoms with Crippen molar-refractivity contribution in [1.82, 2.24) is 18.9 Å². The van der Waals surface area contributed by atoms with E-state index in [1.54, 1.807) is 16.2 Å². The summed E-state index contributed by atoms with van der Waals surface area (Å²) in [6.07, 6.45) is 0. The Balaban J connectivity index is 1.30. The number of carbonyl (C=O) groups is 1. The van der Waals surface area contributed by atoms with Gasteiger partial charge in [0.1, 0.15) is 18.9 Å². The van der Waals surface area contributed by atoms with Crippen LogP contribution in [-0.2, 0) is 18.4 Å². The second-order valence-corrected chi connectivity index (χ2v) is 7.30. The molecular formula is C22H26N4O3. The van der Waals surface area contributed by atoms with Crippen LogP contribution in [0, 0.1) is 0 Å². The monoisotopic (exact) mass is 394 g/mol. The van der Waals surface area contributed by atoms with Crippen LogP contribution in [0.2, 0.25) is 0 Å². The molecule has 0 saturated carbocycles. The molecule has 1 saturated heterocycles. The molecule has 0 atom stereocenters. The fraction of sp³-hybridized carbons (Fsp3) is 0.364. The Labute approximate surface area is 169 Å². The number of para-hydroxylation sites is 3. The molecule has 4 rings (SSSR count). The molecule has 1 aliphatic rings. The van der Waals surface area contributed by atoms with E-state index in [4.69, 9.17) is 4.74 Å². The second kappa shape index (κ2) is 8.53. The van der Waals surface area contributed by atoms with Gasteiger partial charge in [-0.25, -0.2) is 4.79 Å². The number of aromatic nitrogens is 2. The average molecular weight is 394 g/mol. The van der Waals surface area contributed by atoms with Crippen LogP contribution in [0.3, 0.4) is 0 Å². The minimum atomic E-state index is -0.156. The van der Waals surface area contributed by atoms with Gasteiger partial charge in [-0.1, -0.05) is 30.3 Å². The van der Waals surface area contributed by atoms with Gasteiger partial charge in [0.05, 0.1) is 11.0 Å². The molecule has 3 aromatic rings. The zero-order valence-corrected chi connectivity index (χ0v) is 16.7. The van der Waals surface area contributed by atoms with Crippen molar-refractivity contribution in [1.29, 1.82) is 0 Å². The van der Waals surface area contributed by atoms with Crippen molar-refractivity contribution >= 4 is 16.9 Å². The number of ether oxygens (including phenoxy) is 1. The highest BCUT2D eigenvalue weighted by atomic mass is 16.5. The summed E-state index contributed by atoms with van der Waals surface area (Å²) in [6.45, 7) is 4.51. The van der Waals surface area contributed by atoms with E-state index in [0.717, 1.165) is 36.4 Å². The van der Waals surface area contributed by atoms with Crippen LogP contribution in [0.1, 0.15) is 0 Å². The van der Waals surface area contributed by atoms with Gasteiger partial charge >= 0.3 is 5.69 Å². The van der Waals surface area contributed by atoms with Crippen molar-refractivity contribution in [3.63, 3.8) is 0 Å². The number of piperazine rings is 1. The van der Waals surface area contributed by atoms with E-state index in [1.807, 2.05) is 59.5 Å². The van der Waals surface area contributed by atoms with E-state index in [1.165, 1.54) is 0 Å². The van der Waals surface area contributed by atoms with Gasteiger partial charge in [-0.2, -0.15) is 0 Å². The SMILES string of the molecule is Cn1c(=O)n(CC(=O)N2CCN(CCOc3ccccc3)CC2)c2ccccc21. The van der Waals surface area contributed by atoms with Crippen molar-refractivity contribution in [3.05, 3.63) is 65.1 Å². The molecule has 0 unspecified atom stereocenters. The summed E-state index contributed by atoms with van der Waals surface area (Å²) in [5.74, 6) is 0.866. The molecule has 0 aliphatic carbocycles. The molecule has 0 N–H and O–H groups in total. The van der Waals surface area contributed by atoms with Crippen LogP contribution in [0.5, 0.6) is 5.75 Å². The molecule has 1 aromatic heterocycles. The molecular weight excluding hydrogens is 368 g/mol. The highest BCUT2D eigenvalue weighted by Crippen LogP contribution is 2.13. The number of carbonyl (C=O) groups excluding carboxylic acids is 1. The number of hydrogen-bond acceptors (Lipinski definition) is 4. The van der Waals surface area contributed by atoms with Gasteiger partial charge in [-0.15, -0.1) is 0 Å². The maximum Gasteiger partial charge on any atom is 0.329 e. The third-order valence-corrected chi connectivity index (χ3v) is 5.49. The summed E-state index contributed by atoms with van der Waals surface area (Å²) in [5.41, 5.74) is 1.48. The molecule has 1 fully saturated rings. The zero-order chi connectivity index (χ0) is 20.2. The smallest absolute Gasteiger partial charge is 0.329 e. The first-order valence-electron chi connectivity index (χ1n) is 9.96. The minimum absolute atomic E-state index is 0.0105. The van der Waals surface area contributed by atoms with Crippen LogP contribution in [0.25, 0.3) is 11.0 Å². The lowest BCUT2D eigenvalue weighted by Gasteiger charge is -2.34. The summed E-state index contributed by atoms with van der Waals surface area (Å²) < 4.78 is 8.91. The van der Waals surface area contributed by atoms with Gasteiger partial charge in [-0.3, -0.25) is 18.8 Å². The number of benzene rings is 2. The van der Waals surface area contributed by atoms with E-state index in [-0.39, 0.29) is 18.1 Å². The van der Waals surface area contributed by atoms with Crippen LogP contribution in [-0.4, -0.2) is 64.2 Å². The Bertz CT molecular complexity index is 1030. The van der Waals surface area contributed by atoms with Crippen molar-refractivity contribution in [2.75, 3.05) is 39.3 Å². The molecule has 0 bridgehead atoms. The fourth-order valence-corrected chi connectivity index (χ4v) is 3.78. The molecule has 0 spiro atoms. The van der Waals surface area contributed by atoms with Crippen LogP contribution in [0.4, 0.5) is 0 Å². The molecule has 29 heavy (non-hydrogen) atoms.